The molecule has 0 aliphatic heterocycles. The first-order valence-electron chi connectivity index (χ1n) is 12.8. The molecule has 1 amide bonds. The first kappa shape index (κ1) is 26.3. The molecule has 0 radical (unpaired) electrons. The summed E-state index contributed by atoms with van der Waals surface area (Å²) < 4.78 is 35.1. The maximum absolute atomic E-state index is 14.7. The predicted molar refractivity (Wildman–Crippen MR) is 148 cm³/mol. The van der Waals surface area contributed by atoms with Crippen LogP contribution < -0.4 is 10.1 Å². The fourth-order valence-corrected chi connectivity index (χ4v) is 6.61. The van der Waals surface area contributed by atoms with Crippen LogP contribution in [0.1, 0.15) is 46.5 Å². The van der Waals surface area contributed by atoms with Crippen molar-refractivity contribution in [2.24, 2.45) is 0 Å². The summed E-state index contributed by atoms with van der Waals surface area (Å²) in [6.45, 7) is 2.02. The number of hydrogen-bond donors (Lipinski definition) is 1. The zero-order valence-electron chi connectivity index (χ0n) is 21.8. The summed E-state index contributed by atoms with van der Waals surface area (Å²) in [4.78, 5) is 20.9. The van der Waals surface area contributed by atoms with Gasteiger partial charge in [-0.3, -0.25) is 9.78 Å². The van der Waals surface area contributed by atoms with Crippen molar-refractivity contribution < 1.29 is 18.3 Å². The van der Waals surface area contributed by atoms with E-state index in [0.717, 1.165) is 66.0 Å². The van der Waals surface area contributed by atoms with Gasteiger partial charge >= 0.3 is 0 Å². The molecule has 1 N–H and O–H groups in total. The van der Waals surface area contributed by atoms with E-state index < -0.39 is 11.6 Å². The lowest BCUT2D eigenvalue weighted by atomic mass is 9.89. The number of hydrogen-bond acceptors (Lipinski definition) is 5. The van der Waals surface area contributed by atoms with E-state index in [1.807, 2.05) is 48.3 Å². The van der Waals surface area contributed by atoms with Crippen LogP contribution in [-0.2, 0) is 6.54 Å². The number of benzene rings is 2. The van der Waals surface area contributed by atoms with Gasteiger partial charge in [-0.05, 0) is 87.7 Å². The van der Waals surface area contributed by atoms with E-state index in [9.17, 15) is 13.6 Å². The van der Waals surface area contributed by atoms with Gasteiger partial charge in [-0.2, -0.15) is 0 Å². The summed E-state index contributed by atoms with van der Waals surface area (Å²) in [5.41, 5.74) is 3.09. The van der Waals surface area contributed by atoms with Crippen molar-refractivity contribution in [3.05, 3.63) is 82.4 Å². The number of nitrogens with zero attached hydrogens (tertiary/aromatic N) is 2. The molecular weight excluding hydrogens is 504 g/mol. The normalized spacial score (nSPS) is 17.5. The lowest BCUT2D eigenvalue weighted by molar-refractivity contribution is 0.0604. The average Bonchev–Trinajstić information content (AvgIpc) is 3.32. The van der Waals surface area contributed by atoms with Gasteiger partial charge in [-0.1, -0.05) is 6.07 Å². The second-order valence-corrected chi connectivity index (χ2v) is 10.8. The predicted octanol–water partition coefficient (Wildman–Crippen LogP) is 6.73. The number of carbonyl (C=O) groups is 1. The van der Waals surface area contributed by atoms with Crippen molar-refractivity contribution in [1.82, 2.24) is 15.2 Å². The van der Waals surface area contributed by atoms with E-state index in [1.54, 1.807) is 20.2 Å². The third kappa shape index (κ3) is 5.02. The van der Waals surface area contributed by atoms with Gasteiger partial charge in [0.05, 0.1) is 22.4 Å². The van der Waals surface area contributed by atoms with Gasteiger partial charge in [-0.25, -0.2) is 8.78 Å². The standard InChI is InChI=1S/C30H31F2N3O2S/c1-18-27-23(31)12-13-24(32)29(27)38-28(18)30(36)35(22-10-8-21(33-2)9-11-22)17-20-16-19(7-14-26(20)37-3)25-6-4-5-15-34-25/h4-7,12-16,21-22,33H,8-11,17H2,1-3H3. The first-order chi connectivity index (χ1) is 18.4. The number of methoxy groups -OCH3 is 1. The number of nitrogens with one attached hydrogen (secondary N) is 1. The van der Waals surface area contributed by atoms with Gasteiger partial charge in [-0.15, -0.1) is 11.3 Å². The second-order valence-electron chi connectivity index (χ2n) is 9.76. The lowest BCUT2D eigenvalue weighted by Crippen LogP contribution is -2.44. The van der Waals surface area contributed by atoms with Gasteiger partial charge < -0.3 is 15.0 Å². The monoisotopic (exact) mass is 535 g/mol. The van der Waals surface area contributed by atoms with Gasteiger partial charge in [0.2, 0.25) is 0 Å². The highest BCUT2D eigenvalue weighted by Crippen LogP contribution is 2.37. The van der Waals surface area contributed by atoms with E-state index in [4.69, 9.17) is 4.74 Å². The number of thiophene rings is 1. The molecule has 5 nitrogen and oxygen atoms in total. The Hall–Kier alpha value is -3.36. The van der Waals surface area contributed by atoms with Crippen LogP contribution in [0.2, 0.25) is 0 Å². The van der Waals surface area contributed by atoms with Crippen molar-refractivity contribution >= 4 is 27.3 Å². The van der Waals surface area contributed by atoms with E-state index in [-0.39, 0.29) is 22.0 Å². The topological polar surface area (TPSA) is 54.5 Å². The molecule has 2 aromatic carbocycles. The molecule has 0 unspecified atom stereocenters. The highest BCUT2D eigenvalue weighted by Gasteiger charge is 2.32. The Labute approximate surface area is 225 Å². The molecule has 1 aliphatic carbocycles. The summed E-state index contributed by atoms with van der Waals surface area (Å²) in [5, 5.41) is 3.53. The van der Waals surface area contributed by atoms with E-state index in [2.05, 4.69) is 10.3 Å². The summed E-state index contributed by atoms with van der Waals surface area (Å²) in [6.07, 6.45) is 5.32. The molecule has 0 saturated heterocycles. The Morgan fingerprint density at radius 2 is 1.87 bits per heavy atom. The number of fused-ring (bicyclic) bond motifs is 1. The molecule has 0 atom stereocenters. The molecule has 38 heavy (non-hydrogen) atoms. The third-order valence-corrected chi connectivity index (χ3v) is 8.85. The summed E-state index contributed by atoms with van der Waals surface area (Å²) in [5.74, 6) is -0.559. The van der Waals surface area contributed by atoms with Crippen molar-refractivity contribution in [3.8, 4) is 17.0 Å². The van der Waals surface area contributed by atoms with Crippen LogP contribution in [0.25, 0.3) is 21.3 Å². The highest BCUT2D eigenvalue weighted by molar-refractivity contribution is 7.21. The largest absolute Gasteiger partial charge is 0.496 e. The molecule has 0 bridgehead atoms. The maximum Gasteiger partial charge on any atom is 0.264 e. The Balaban J connectivity index is 1.56. The molecular formula is C30H31F2N3O2S. The molecule has 198 valence electrons. The minimum atomic E-state index is -0.514. The Morgan fingerprint density at radius 1 is 1.11 bits per heavy atom. The molecule has 0 spiro atoms. The van der Waals surface area contributed by atoms with Crippen molar-refractivity contribution in [1.29, 1.82) is 0 Å². The Morgan fingerprint density at radius 3 is 2.53 bits per heavy atom. The molecule has 4 aromatic rings. The Kier molecular flexibility index (Phi) is 7.72. The molecule has 2 aromatic heterocycles. The van der Waals surface area contributed by atoms with E-state index in [0.29, 0.717) is 28.8 Å². The number of amides is 1. The van der Waals surface area contributed by atoms with Gasteiger partial charge in [0.15, 0.2) is 0 Å². The smallest absolute Gasteiger partial charge is 0.264 e. The molecule has 5 rings (SSSR count). The van der Waals surface area contributed by atoms with Crippen LogP contribution in [0.5, 0.6) is 5.75 Å². The fourth-order valence-electron chi connectivity index (χ4n) is 5.43. The quantitative estimate of drug-likeness (QED) is 0.285. The minimum absolute atomic E-state index is 0.00498. The van der Waals surface area contributed by atoms with Crippen LogP contribution in [0.3, 0.4) is 0 Å². The zero-order chi connectivity index (χ0) is 26.8. The third-order valence-electron chi connectivity index (χ3n) is 7.56. The Bertz CT molecular complexity index is 1450. The van der Waals surface area contributed by atoms with Crippen LogP contribution in [0.4, 0.5) is 8.78 Å². The van der Waals surface area contributed by atoms with Crippen molar-refractivity contribution in [2.45, 2.75) is 51.2 Å². The number of halogens is 2. The molecule has 1 fully saturated rings. The number of pyridine rings is 1. The number of carbonyl (C=O) groups excluding carboxylic acids is 1. The fraction of sp³-hybridized carbons (Fsp3) is 0.333. The van der Waals surface area contributed by atoms with Crippen molar-refractivity contribution in [2.75, 3.05) is 14.2 Å². The first-order valence-corrected chi connectivity index (χ1v) is 13.7. The van der Waals surface area contributed by atoms with Crippen LogP contribution >= 0.6 is 11.3 Å². The average molecular weight is 536 g/mol. The summed E-state index contributed by atoms with van der Waals surface area (Å²) >= 11 is 1.03. The molecule has 1 aliphatic rings. The number of rotatable bonds is 7. The number of aryl methyl sites for hydroxylation is 1. The van der Waals surface area contributed by atoms with Gasteiger partial charge in [0, 0.05) is 41.3 Å². The van der Waals surface area contributed by atoms with E-state index >= 15 is 0 Å². The molecule has 8 heteroatoms. The van der Waals surface area contributed by atoms with Gasteiger partial charge in [0.1, 0.15) is 17.4 Å². The van der Waals surface area contributed by atoms with Crippen LogP contribution in [0.15, 0.2) is 54.7 Å². The van der Waals surface area contributed by atoms with Crippen molar-refractivity contribution in [3.63, 3.8) is 0 Å². The van der Waals surface area contributed by atoms with E-state index in [1.165, 1.54) is 0 Å². The SMILES string of the molecule is CNC1CCC(N(Cc2cc(-c3ccccn3)ccc2OC)C(=O)c2sc3c(F)ccc(F)c3c2C)CC1. The maximum atomic E-state index is 14.7. The number of aromatic nitrogens is 1. The number of ether oxygens (including phenoxy) is 1. The molecule has 2 heterocycles. The summed E-state index contributed by atoms with van der Waals surface area (Å²) in [7, 11) is 3.58. The molecule has 1 saturated carbocycles. The highest BCUT2D eigenvalue weighted by atomic mass is 32.1. The van der Waals surface area contributed by atoms with Crippen LogP contribution in [0, 0.1) is 18.6 Å². The van der Waals surface area contributed by atoms with Gasteiger partial charge in [0.25, 0.3) is 5.91 Å². The van der Waals surface area contributed by atoms with Crippen LogP contribution in [-0.4, -0.2) is 42.0 Å². The summed E-state index contributed by atoms with van der Waals surface area (Å²) in [6, 6.07) is 14.3. The minimum Gasteiger partial charge on any atom is -0.496 e. The zero-order valence-corrected chi connectivity index (χ0v) is 22.6. The lowest BCUT2D eigenvalue weighted by Gasteiger charge is -2.37. The second kappa shape index (κ2) is 11.2.